The highest BCUT2D eigenvalue weighted by atomic mass is 79.9. The van der Waals surface area contributed by atoms with E-state index in [2.05, 4.69) is 26.1 Å². The molecule has 0 spiro atoms. The molecule has 0 unspecified atom stereocenters. The van der Waals surface area contributed by atoms with Gasteiger partial charge in [0.1, 0.15) is 5.82 Å². The maximum atomic E-state index is 13.5. The van der Waals surface area contributed by atoms with Crippen molar-refractivity contribution in [2.45, 2.75) is 0 Å². The molecule has 0 amide bonds. The Kier molecular flexibility index (Phi) is 2.82. The molecule has 90 valence electrons. The van der Waals surface area contributed by atoms with Crippen LogP contribution in [0.25, 0.3) is 11.1 Å². The first-order chi connectivity index (χ1) is 7.95. The van der Waals surface area contributed by atoms with E-state index in [4.69, 9.17) is 5.73 Å². The van der Waals surface area contributed by atoms with Crippen LogP contribution in [0.5, 0.6) is 0 Å². The molecule has 0 aliphatic heterocycles. The van der Waals surface area contributed by atoms with Gasteiger partial charge in [0.25, 0.3) is 0 Å². The monoisotopic (exact) mass is 309 g/mol. The second-order valence-corrected chi connectivity index (χ2v) is 3.94. The number of anilines is 1. The van der Waals surface area contributed by atoms with Crippen molar-refractivity contribution in [2.24, 2.45) is 0 Å². The average Bonchev–Trinajstić information content (AvgIpc) is 2.71. The summed E-state index contributed by atoms with van der Waals surface area (Å²) in [7, 11) is 0. The molecule has 0 saturated carbocycles. The lowest BCUT2D eigenvalue weighted by molar-refractivity contribution is 0.451. The largest absolute Gasteiger partial charge is 0.384 e. The van der Waals surface area contributed by atoms with Gasteiger partial charge in [-0.3, -0.25) is 5.10 Å². The van der Waals surface area contributed by atoms with Crippen molar-refractivity contribution in [1.82, 2.24) is 10.2 Å². The molecule has 3 N–H and O–H groups in total. The second-order valence-electron chi connectivity index (χ2n) is 3.14. The molecule has 0 aliphatic carbocycles. The zero-order chi connectivity index (χ0) is 12.7. The molecule has 0 radical (unpaired) electrons. The van der Waals surface area contributed by atoms with E-state index in [-0.39, 0.29) is 11.4 Å². The Morgan fingerprint density at radius 2 is 1.59 bits per heavy atom. The Bertz CT molecular complexity index is 567. The van der Waals surface area contributed by atoms with Crippen molar-refractivity contribution in [2.75, 3.05) is 5.73 Å². The van der Waals surface area contributed by atoms with Gasteiger partial charge in [-0.25, -0.2) is 17.6 Å². The summed E-state index contributed by atoms with van der Waals surface area (Å²) in [5, 5.41) is 5.64. The van der Waals surface area contributed by atoms with Crippen LogP contribution in [0.1, 0.15) is 0 Å². The van der Waals surface area contributed by atoms with Gasteiger partial charge >= 0.3 is 0 Å². The smallest absolute Gasteiger partial charge is 0.176 e. The van der Waals surface area contributed by atoms with E-state index in [1.165, 1.54) is 0 Å². The molecule has 3 nitrogen and oxygen atoms in total. The van der Waals surface area contributed by atoms with Gasteiger partial charge in [0.05, 0.1) is 16.2 Å². The summed E-state index contributed by atoms with van der Waals surface area (Å²) in [6, 6.07) is 0. The first kappa shape index (κ1) is 11.9. The van der Waals surface area contributed by atoms with E-state index >= 15 is 0 Å². The molecular weight excluding hydrogens is 306 g/mol. The molecular formula is C9H4BrF4N3. The van der Waals surface area contributed by atoms with Crippen molar-refractivity contribution in [3.63, 3.8) is 0 Å². The number of hydrogen-bond acceptors (Lipinski definition) is 2. The first-order valence-corrected chi connectivity index (χ1v) is 5.05. The Labute approximate surface area is 101 Å². The minimum absolute atomic E-state index is 0.191. The van der Waals surface area contributed by atoms with E-state index in [0.717, 1.165) is 6.20 Å². The fraction of sp³-hybridized carbons (Fsp3) is 0. The highest BCUT2D eigenvalue weighted by molar-refractivity contribution is 9.10. The molecule has 1 heterocycles. The van der Waals surface area contributed by atoms with Gasteiger partial charge < -0.3 is 5.73 Å². The van der Waals surface area contributed by atoms with Gasteiger partial charge in [-0.2, -0.15) is 5.10 Å². The van der Waals surface area contributed by atoms with Crippen molar-refractivity contribution in [3.05, 3.63) is 33.9 Å². The Hall–Kier alpha value is -1.57. The Morgan fingerprint density at radius 1 is 1.06 bits per heavy atom. The molecule has 0 atom stereocenters. The van der Waals surface area contributed by atoms with Gasteiger partial charge in [0.15, 0.2) is 23.3 Å². The standard InChI is InChI=1S/C9H4BrF4N3/c10-4-7(13)5(11)3(6(12)8(4)14)2-1-16-17-9(2)15/h1H,(H3,15,16,17). The molecule has 8 heteroatoms. The Morgan fingerprint density at radius 3 is 2.00 bits per heavy atom. The lowest BCUT2D eigenvalue weighted by Crippen LogP contribution is -2.02. The fourth-order valence-corrected chi connectivity index (χ4v) is 1.68. The van der Waals surface area contributed by atoms with Crippen LogP contribution in [0, 0.1) is 23.3 Å². The van der Waals surface area contributed by atoms with Crippen LogP contribution in [0.4, 0.5) is 23.4 Å². The molecule has 0 saturated heterocycles. The third kappa shape index (κ3) is 1.68. The number of benzene rings is 1. The molecule has 1 aromatic carbocycles. The molecule has 2 rings (SSSR count). The van der Waals surface area contributed by atoms with Gasteiger partial charge in [-0.05, 0) is 15.9 Å². The van der Waals surface area contributed by atoms with Crippen LogP contribution in [-0.4, -0.2) is 10.2 Å². The lowest BCUT2D eigenvalue weighted by atomic mass is 10.1. The molecule has 0 fully saturated rings. The summed E-state index contributed by atoms with van der Waals surface area (Å²) in [6.07, 6.45) is 0.976. The van der Waals surface area contributed by atoms with Crippen molar-refractivity contribution >= 4 is 21.7 Å². The minimum Gasteiger partial charge on any atom is -0.384 e. The van der Waals surface area contributed by atoms with Crippen LogP contribution >= 0.6 is 15.9 Å². The zero-order valence-electron chi connectivity index (χ0n) is 7.99. The van der Waals surface area contributed by atoms with Crippen molar-refractivity contribution in [3.8, 4) is 11.1 Å². The number of aromatic nitrogens is 2. The fourth-order valence-electron chi connectivity index (χ4n) is 1.34. The Balaban J connectivity index is 2.84. The third-order valence-electron chi connectivity index (χ3n) is 2.15. The third-order valence-corrected chi connectivity index (χ3v) is 2.84. The number of nitrogens with two attached hydrogens (primary N) is 1. The number of nitrogen functional groups attached to an aromatic ring is 1. The maximum absolute atomic E-state index is 13.5. The molecule has 1 aromatic heterocycles. The first-order valence-electron chi connectivity index (χ1n) is 4.25. The van der Waals surface area contributed by atoms with Gasteiger partial charge in [-0.15, -0.1) is 0 Å². The zero-order valence-corrected chi connectivity index (χ0v) is 9.58. The normalized spacial score (nSPS) is 10.9. The molecule has 17 heavy (non-hydrogen) atoms. The van der Waals surface area contributed by atoms with E-state index in [0.29, 0.717) is 0 Å². The van der Waals surface area contributed by atoms with Gasteiger partial charge in [0.2, 0.25) is 0 Å². The topological polar surface area (TPSA) is 54.7 Å². The number of nitrogens with one attached hydrogen (secondary N) is 1. The van der Waals surface area contributed by atoms with E-state index < -0.39 is 33.3 Å². The quantitative estimate of drug-likeness (QED) is 0.483. The predicted molar refractivity (Wildman–Crippen MR) is 56.0 cm³/mol. The summed E-state index contributed by atoms with van der Waals surface area (Å²) in [5.41, 5.74) is 4.20. The van der Waals surface area contributed by atoms with Crippen molar-refractivity contribution < 1.29 is 17.6 Å². The number of H-pyrrole nitrogens is 1. The summed E-state index contributed by atoms with van der Waals surface area (Å²) in [4.78, 5) is 0. The summed E-state index contributed by atoms with van der Waals surface area (Å²) >= 11 is 2.41. The number of hydrogen-bond donors (Lipinski definition) is 2. The van der Waals surface area contributed by atoms with Gasteiger partial charge in [0, 0.05) is 5.56 Å². The summed E-state index contributed by atoms with van der Waals surface area (Å²) in [6.45, 7) is 0. The van der Waals surface area contributed by atoms with Crippen LogP contribution < -0.4 is 5.73 Å². The van der Waals surface area contributed by atoms with Gasteiger partial charge in [-0.1, -0.05) is 0 Å². The highest BCUT2D eigenvalue weighted by Crippen LogP contribution is 2.35. The average molecular weight is 310 g/mol. The van der Waals surface area contributed by atoms with Crippen LogP contribution in [-0.2, 0) is 0 Å². The summed E-state index contributed by atoms with van der Waals surface area (Å²) < 4.78 is 52.7. The molecule has 0 bridgehead atoms. The lowest BCUT2D eigenvalue weighted by Gasteiger charge is -2.07. The number of aromatic amines is 1. The predicted octanol–water partition coefficient (Wildman–Crippen LogP) is 2.98. The maximum Gasteiger partial charge on any atom is 0.176 e. The van der Waals surface area contributed by atoms with Crippen LogP contribution in [0.3, 0.4) is 0 Å². The number of nitrogens with zero attached hydrogens (tertiary/aromatic N) is 1. The molecule has 2 aromatic rings. The minimum atomic E-state index is -1.54. The SMILES string of the molecule is Nc1[nH]ncc1-c1c(F)c(F)c(Br)c(F)c1F. The van der Waals surface area contributed by atoms with Crippen LogP contribution in [0.2, 0.25) is 0 Å². The highest BCUT2D eigenvalue weighted by Gasteiger charge is 2.26. The second kappa shape index (κ2) is 4.02. The van der Waals surface area contributed by atoms with E-state index in [1.54, 1.807) is 0 Å². The molecule has 0 aliphatic rings. The summed E-state index contributed by atoms with van der Waals surface area (Å²) in [5.74, 6) is -6.32. The van der Waals surface area contributed by atoms with E-state index in [1.807, 2.05) is 0 Å². The van der Waals surface area contributed by atoms with Crippen molar-refractivity contribution in [1.29, 1.82) is 0 Å². The van der Waals surface area contributed by atoms with Crippen LogP contribution in [0.15, 0.2) is 10.7 Å². The number of rotatable bonds is 1. The van der Waals surface area contributed by atoms with E-state index in [9.17, 15) is 17.6 Å². The number of halogens is 5.